The van der Waals surface area contributed by atoms with Gasteiger partial charge < -0.3 is 9.84 Å². The second kappa shape index (κ2) is 10.4. The second-order valence-electron chi connectivity index (χ2n) is 5.89. The van der Waals surface area contributed by atoms with E-state index in [0.29, 0.717) is 12.7 Å². The summed E-state index contributed by atoms with van der Waals surface area (Å²) < 4.78 is 5.41. The van der Waals surface area contributed by atoms with Crippen molar-refractivity contribution in [3.8, 4) is 0 Å². The fourth-order valence-electron chi connectivity index (χ4n) is 3.14. The van der Waals surface area contributed by atoms with Gasteiger partial charge in [0.05, 0.1) is 6.10 Å². The van der Waals surface area contributed by atoms with Gasteiger partial charge in [-0.1, -0.05) is 18.6 Å². The molecule has 0 aromatic carbocycles. The molecule has 0 bridgehead atoms. The predicted molar refractivity (Wildman–Crippen MR) is 81.3 cm³/mol. The van der Waals surface area contributed by atoms with E-state index >= 15 is 0 Å². The van der Waals surface area contributed by atoms with Crippen LogP contribution in [0, 0.1) is 5.92 Å². The van der Waals surface area contributed by atoms with Crippen molar-refractivity contribution in [2.75, 3.05) is 13.7 Å². The molecule has 0 aromatic rings. The Morgan fingerprint density at radius 2 is 2.26 bits per heavy atom. The van der Waals surface area contributed by atoms with E-state index in [-0.39, 0.29) is 0 Å². The first-order valence-electron chi connectivity index (χ1n) is 8.11. The number of aliphatic hydroxyl groups excluding tert-OH is 1. The minimum absolute atomic E-state index is 0.352. The number of allylic oxidation sites excluding steroid dienone is 2. The van der Waals surface area contributed by atoms with Gasteiger partial charge >= 0.3 is 0 Å². The lowest BCUT2D eigenvalue weighted by molar-refractivity contribution is 0.0906. The van der Waals surface area contributed by atoms with Gasteiger partial charge in [-0.15, -0.1) is 0 Å². The van der Waals surface area contributed by atoms with Gasteiger partial charge in [-0.05, 0) is 70.1 Å². The van der Waals surface area contributed by atoms with E-state index in [4.69, 9.17) is 9.84 Å². The van der Waals surface area contributed by atoms with Gasteiger partial charge in [0.1, 0.15) is 0 Å². The lowest BCUT2D eigenvalue weighted by Crippen LogP contribution is -2.10. The van der Waals surface area contributed by atoms with Gasteiger partial charge in [0.25, 0.3) is 0 Å². The smallest absolute Gasteiger partial charge is 0.0568 e. The zero-order chi connectivity index (χ0) is 13.9. The number of hydrogen-bond acceptors (Lipinski definition) is 2. The summed E-state index contributed by atoms with van der Waals surface area (Å²) in [6.45, 7) is 2.55. The molecule has 112 valence electrons. The molecule has 2 heteroatoms. The SMILES string of the molecule is CCC(CCC/C=C1/CCCC(CCCO)C1)OC. The molecule has 2 nitrogen and oxygen atoms in total. The van der Waals surface area contributed by atoms with Gasteiger partial charge in [-0.2, -0.15) is 0 Å². The molecule has 19 heavy (non-hydrogen) atoms. The molecular formula is C17H32O2. The first-order chi connectivity index (χ1) is 9.30. The molecule has 1 fully saturated rings. The maximum Gasteiger partial charge on any atom is 0.0568 e. The van der Waals surface area contributed by atoms with Crippen molar-refractivity contribution < 1.29 is 9.84 Å². The van der Waals surface area contributed by atoms with Crippen LogP contribution in [0.1, 0.15) is 71.1 Å². The van der Waals surface area contributed by atoms with Crippen molar-refractivity contribution in [2.24, 2.45) is 5.92 Å². The van der Waals surface area contributed by atoms with E-state index in [1.54, 1.807) is 5.57 Å². The van der Waals surface area contributed by atoms with E-state index in [1.165, 1.54) is 51.4 Å². The molecule has 0 spiro atoms. The summed E-state index contributed by atoms with van der Waals surface area (Å²) in [5, 5.41) is 8.91. The Bertz CT molecular complexity index is 244. The van der Waals surface area contributed by atoms with Crippen LogP contribution in [0.5, 0.6) is 0 Å². The summed E-state index contributed by atoms with van der Waals surface area (Å²) in [4.78, 5) is 0. The Morgan fingerprint density at radius 1 is 1.42 bits per heavy atom. The van der Waals surface area contributed by atoms with Crippen molar-refractivity contribution in [3.05, 3.63) is 11.6 Å². The molecule has 1 N–H and O–H groups in total. The summed E-state index contributed by atoms with van der Waals surface area (Å²) in [5.74, 6) is 0.828. The van der Waals surface area contributed by atoms with Gasteiger partial charge in [-0.25, -0.2) is 0 Å². The summed E-state index contributed by atoms with van der Waals surface area (Å²) in [6.07, 6.45) is 15.2. The zero-order valence-corrected chi connectivity index (χ0v) is 12.9. The summed E-state index contributed by atoms with van der Waals surface area (Å²) >= 11 is 0. The predicted octanol–water partition coefficient (Wildman–Crippen LogP) is 4.47. The summed E-state index contributed by atoms with van der Waals surface area (Å²) in [6, 6.07) is 0. The normalized spacial score (nSPS) is 23.7. The maximum absolute atomic E-state index is 8.91. The van der Waals surface area contributed by atoms with Crippen LogP contribution in [0.25, 0.3) is 0 Å². The van der Waals surface area contributed by atoms with Crippen LogP contribution < -0.4 is 0 Å². The molecule has 0 aliphatic heterocycles. The Balaban J connectivity index is 2.20. The third-order valence-electron chi connectivity index (χ3n) is 4.38. The van der Waals surface area contributed by atoms with E-state index < -0.39 is 0 Å². The number of ether oxygens (including phenoxy) is 1. The molecule has 0 saturated heterocycles. The van der Waals surface area contributed by atoms with Crippen LogP contribution in [0.15, 0.2) is 11.6 Å². The number of rotatable bonds is 9. The van der Waals surface area contributed by atoms with Gasteiger partial charge in [0, 0.05) is 13.7 Å². The molecule has 1 saturated carbocycles. The monoisotopic (exact) mass is 268 g/mol. The topological polar surface area (TPSA) is 29.5 Å². The van der Waals surface area contributed by atoms with Gasteiger partial charge in [0.15, 0.2) is 0 Å². The molecule has 0 aromatic heterocycles. The fourth-order valence-corrected chi connectivity index (χ4v) is 3.14. The van der Waals surface area contributed by atoms with E-state index in [2.05, 4.69) is 13.0 Å². The van der Waals surface area contributed by atoms with Crippen LogP contribution in [0.4, 0.5) is 0 Å². The highest BCUT2D eigenvalue weighted by atomic mass is 16.5. The minimum Gasteiger partial charge on any atom is -0.396 e. The van der Waals surface area contributed by atoms with E-state index in [9.17, 15) is 0 Å². The number of methoxy groups -OCH3 is 1. The fraction of sp³-hybridized carbons (Fsp3) is 0.882. The standard InChI is InChI=1S/C17H32O2/c1-3-17(19-2)12-5-4-8-15-9-6-10-16(14-15)11-7-13-18/h8,16-18H,3-7,9-14H2,1-2H3/b15-8-. The van der Waals surface area contributed by atoms with E-state index in [1.807, 2.05) is 7.11 Å². The molecule has 1 aliphatic carbocycles. The molecule has 0 amide bonds. The molecule has 1 aliphatic rings. The molecular weight excluding hydrogens is 236 g/mol. The highest BCUT2D eigenvalue weighted by Crippen LogP contribution is 2.31. The highest BCUT2D eigenvalue weighted by Gasteiger charge is 2.16. The number of hydrogen-bond donors (Lipinski definition) is 1. The third-order valence-corrected chi connectivity index (χ3v) is 4.38. The van der Waals surface area contributed by atoms with E-state index in [0.717, 1.165) is 18.8 Å². The van der Waals surface area contributed by atoms with Gasteiger partial charge in [0.2, 0.25) is 0 Å². The average molecular weight is 268 g/mol. The van der Waals surface area contributed by atoms with Crippen LogP contribution in [-0.4, -0.2) is 24.9 Å². The number of aliphatic hydroxyl groups is 1. The Morgan fingerprint density at radius 3 is 2.95 bits per heavy atom. The zero-order valence-electron chi connectivity index (χ0n) is 12.9. The van der Waals surface area contributed by atoms with Crippen LogP contribution in [0.2, 0.25) is 0 Å². The second-order valence-corrected chi connectivity index (χ2v) is 5.89. The van der Waals surface area contributed by atoms with Gasteiger partial charge in [-0.3, -0.25) is 0 Å². The molecule has 2 atom stereocenters. The average Bonchev–Trinajstić information content (AvgIpc) is 2.46. The third kappa shape index (κ3) is 7.12. The van der Waals surface area contributed by atoms with Crippen molar-refractivity contribution in [2.45, 2.75) is 77.2 Å². The molecule has 0 heterocycles. The Kier molecular flexibility index (Phi) is 9.19. The van der Waals surface area contributed by atoms with Crippen molar-refractivity contribution in [1.29, 1.82) is 0 Å². The lowest BCUT2D eigenvalue weighted by Gasteiger charge is -2.24. The molecule has 2 unspecified atom stereocenters. The van der Waals surface area contributed by atoms with Crippen LogP contribution in [-0.2, 0) is 4.74 Å². The first-order valence-corrected chi connectivity index (χ1v) is 8.11. The van der Waals surface area contributed by atoms with Crippen molar-refractivity contribution >= 4 is 0 Å². The van der Waals surface area contributed by atoms with Crippen molar-refractivity contribution in [3.63, 3.8) is 0 Å². The van der Waals surface area contributed by atoms with Crippen molar-refractivity contribution in [1.82, 2.24) is 0 Å². The lowest BCUT2D eigenvalue weighted by atomic mass is 9.82. The Hall–Kier alpha value is -0.340. The molecule has 0 radical (unpaired) electrons. The van der Waals surface area contributed by atoms with Crippen LogP contribution in [0.3, 0.4) is 0 Å². The maximum atomic E-state index is 8.91. The quantitative estimate of drug-likeness (QED) is 0.494. The molecule has 1 rings (SSSR count). The summed E-state index contributed by atoms with van der Waals surface area (Å²) in [5.41, 5.74) is 1.67. The highest BCUT2D eigenvalue weighted by molar-refractivity contribution is 5.05. The minimum atomic E-state index is 0.352. The largest absolute Gasteiger partial charge is 0.396 e. The first kappa shape index (κ1) is 16.7. The van der Waals surface area contributed by atoms with Crippen LogP contribution >= 0.6 is 0 Å². The summed E-state index contributed by atoms with van der Waals surface area (Å²) in [7, 11) is 1.82. The Labute approximate surface area is 119 Å². The number of unbranched alkanes of at least 4 members (excludes halogenated alkanes) is 1.